The summed E-state index contributed by atoms with van der Waals surface area (Å²) in [6.07, 6.45) is 0.998. The van der Waals surface area contributed by atoms with Crippen LogP contribution in [0.1, 0.15) is 27.9 Å². The van der Waals surface area contributed by atoms with Gasteiger partial charge in [0.1, 0.15) is 0 Å². The van der Waals surface area contributed by atoms with Crippen molar-refractivity contribution in [1.29, 1.82) is 5.26 Å². The largest absolute Gasteiger partial charge is 0.294 e. The van der Waals surface area contributed by atoms with E-state index >= 15 is 0 Å². The monoisotopic (exact) mass is 269 g/mol. The van der Waals surface area contributed by atoms with Crippen LogP contribution in [0.2, 0.25) is 5.02 Å². The molecule has 0 N–H and O–H groups in total. The summed E-state index contributed by atoms with van der Waals surface area (Å²) in [5, 5.41) is 9.64. The Morgan fingerprint density at radius 1 is 1.16 bits per heavy atom. The molecule has 2 aromatic rings. The molecular formula is C16H12ClNO. The summed E-state index contributed by atoms with van der Waals surface area (Å²) in [5.41, 5.74) is 1.95. The average Bonchev–Trinajstić information content (AvgIpc) is 2.45. The summed E-state index contributed by atoms with van der Waals surface area (Å²) in [6, 6.07) is 16.4. The Morgan fingerprint density at radius 3 is 2.68 bits per heavy atom. The molecule has 19 heavy (non-hydrogen) atoms. The normalized spacial score (nSPS) is 9.89. The van der Waals surface area contributed by atoms with Gasteiger partial charge in [0, 0.05) is 17.0 Å². The Bertz CT molecular complexity index is 643. The third-order valence-corrected chi connectivity index (χ3v) is 3.11. The molecule has 2 nitrogen and oxygen atoms in total. The second-order valence-corrected chi connectivity index (χ2v) is 4.65. The van der Waals surface area contributed by atoms with E-state index in [1.54, 1.807) is 30.3 Å². The maximum absolute atomic E-state index is 12.1. The van der Waals surface area contributed by atoms with Crippen molar-refractivity contribution in [2.24, 2.45) is 0 Å². The van der Waals surface area contributed by atoms with Gasteiger partial charge >= 0.3 is 0 Å². The molecule has 0 aliphatic heterocycles. The minimum Gasteiger partial charge on any atom is -0.294 e. The van der Waals surface area contributed by atoms with Crippen molar-refractivity contribution in [3.63, 3.8) is 0 Å². The summed E-state index contributed by atoms with van der Waals surface area (Å²) in [7, 11) is 0. The molecule has 0 spiro atoms. The number of benzene rings is 2. The SMILES string of the molecule is N#Cc1ccccc1C(=O)CCc1cccc(Cl)c1. The smallest absolute Gasteiger partial charge is 0.164 e. The number of aryl methyl sites for hydroxylation is 1. The standard InChI is InChI=1S/C16H12ClNO/c17-14-6-3-4-12(10-14)8-9-16(19)15-7-2-1-5-13(15)11-18/h1-7,10H,8-9H2. The van der Waals surface area contributed by atoms with Crippen LogP contribution in [0.3, 0.4) is 0 Å². The van der Waals surface area contributed by atoms with Crippen molar-refractivity contribution < 1.29 is 4.79 Å². The van der Waals surface area contributed by atoms with Crippen molar-refractivity contribution in [1.82, 2.24) is 0 Å². The van der Waals surface area contributed by atoms with Gasteiger partial charge in [-0.05, 0) is 30.2 Å². The fourth-order valence-electron chi connectivity index (χ4n) is 1.91. The average molecular weight is 270 g/mol. The van der Waals surface area contributed by atoms with Gasteiger partial charge in [0.25, 0.3) is 0 Å². The van der Waals surface area contributed by atoms with Crippen LogP contribution in [-0.2, 0) is 6.42 Å². The van der Waals surface area contributed by atoms with E-state index < -0.39 is 0 Å². The van der Waals surface area contributed by atoms with Crippen molar-refractivity contribution in [2.75, 3.05) is 0 Å². The summed E-state index contributed by atoms with van der Waals surface area (Å²) >= 11 is 5.90. The molecule has 0 unspecified atom stereocenters. The Balaban J connectivity index is 2.08. The van der Waals surface area contributed by atoms with E-state index in [4.69, 9.17) is 16.9 Å². The van der Waals surface area contributed by atoms with Crippen molar-refractivity contribution in [3.8, 4) is 6.07 Å². The van der Waals surface area contributed by atoms with Gasteiger partial charge < -0.3 is 0 Å². The lowest BCUT2D eigenvalue weighted by Gasteiger charge is -2.04. The minimum atomic E-state index is -0.0166. The lowest BCUT2D eigenvalue weighted by molar-refractivity contribution is 0.0982. The second kappa shape index (κ2) is 6.17. The van der Waals surface area contributed by atoms with Gasteiger partial charge in [0.15, 0.2) is 5.78 Å². The zero-order valence-electron chi connectivity index (χ0n) is 10.3. The lowest BCUT2D eigenvalue weighted by Crippen LogP contribution is -2.03. The van der Waals surface area contributed by atoms with Gasteiger partial charge in [-0.3, -0.25) is 4.79 Å². The van der Waals surface area contributed by atoms with Crippen LogP contribution >= 0.6 is 11.6 Å². The Morgan fingerprint density at radius 2 is 1.95 bits per heavy atom. The van der Waals surface area contributed by atoms with Crippen molar-refractivity contribution >= 4 is 17.4 Å². The van der Waals surface area contributed by atoms with Crippen LogP contribution in [0.5, 0.6) is 0 Å². The predicted molar refractivity (Wildman–Crippen MR) is 75.3 cm³/mol. The molecule has 0 saturated carbocycles. The first-order valence-electron chi connectivity index (χ1n) is 5.97. The topological polar surface area (TPSA) is 40.9 Å². The molecule has 3 heteroatoms. The molecule has 0 bridgehead atoms. The van der Waals surface area contributed by atoms with E-state index in [1.807, 2.05) is 24.3 Å². The maximum Gasteiger partial charge on any atom is 0.164 e. The van der Waals surface area contributed by atoms with Crippen LogP contribution in [0, 0.1) is 11.3 Å². The molecule has 0 amide bonds. The number of hydrogen-bond acceptors (Lipinski definition) is 2. The summed E-state index contributed by atoms with van der Waals surface area (Å²) in [5.74, 6) is -0.0166. The number of hydrogen-bond donors (Lipinski definition) is 0. The molecule has 0 aromatic heterocycles. The van der Waals surface area contributed by atoms with Crippen molar-refractivity contribution in [2.45, 2.75) is 12.8 Å². The molecular weight excluding hydrogens is 258 g/mol. The number of ketones is 1. The number of Topliss-reactive ketones (excluding diaryl/α,β-unsaturated/α-hetero) is 1. The molecule has 2 rings (SSSR count). The third kappa shape index (κ3) is 3.43. The summed E-state index contributed by atoms with van der Waals surface area (Å²) < 4.78 is 0. The zero-order chi connectivity index (χ0) is 13.7. The number of nitrogens with zero attached hydrogens (tertiary/aromatic N) is 1. The van der Waals surface area contributed by atoms with Crippen LogP contribution in [0.4, 0.5) is 0 Å². The third-order valence-electron chi connectivity index (χ3n) is 2.88. The number of nitriles is 1. The number of carbonyl (C=O) groups is 1. The molecule has 2 aromatic carbocycles. The highest BCUT2D eigenvalue weighted by Gasteiger charge is 2.10. The van der Waals surface area contributed by atoms with Gasteiger partial charge in [-0.2, -0.15) is 5.26 Å². The Labute approximate surface area is 117 Å². The van der Waals surface area contributed by atoms with Crippen LogP contribution in [0.15, 0.2) is 48.5 Å². The van der Waals surface area contributed by atoms with E-state index in [0.29, 0.717) is 29.0 Å². The molecule has 0 saturated heterocycles. The first-order valence-corrected chi connectivity index (χ1v) is 6.35. The van der Waals surface area contributed by atoms with E-state index in [9.17, 15) is 4.79 Å². The number of halogens is 1. The highest BCUT2D eigenvalue weighted by Crippen LogP contribution is 2.15. The van der Waals surface area contributed by atoms with Crippen LogP contribution in [0.25, 0.3) is 0 Å². The Hall–Kier alpha value is -2.11. The molecule has 94 valence electrons. The van der Waals surface area contributed by atoms with Gasteiger partial charge in [0.2, 0.25) is 0 Å². The minimum absolute atomic E-state index is 0.0166. The maximum atomic E-state index is 12.1. The molecule has 0 heterocycles. The highest BCUT2D eigenvalue weighted by atomic mass is 35.5. The lowest BCUT2D eigenvalue weighted by atomic mass is 9.99. The zero-order valence-corrected chi connectivity index (χ0v) is 11.0. The fourth-order valence-corrected chi connectivity index (χ4v) is 2.12. The quantitative estimate of drug-likeness (QED) is 0.787. The molecule has 0 atom stereocenters. The fraction of sp³-hybridized carbons (Fsp3) is 0.125. The van der Waals surface area contributed by atoms with Crippen LogP contribution in [-0.4, -0.2) is 5.78 Å². The van der Waals surface area contributed by atoms with Gasteiger partial charge in [-0.1, -0.05) is 41.9 Å². The van der Waals surface area contributed by atoms with E-state index in [1.165, 1.54) is 0 Å². The van der Waals surface area contributed by atoms with Crippen molar-refractivity contribution in [3.05, 3.63) is 70.2 Å². The van der Waals surface area contributed by atoms with Gasteiger partial charge in [-0.25, -0.2) is 0 Å². The highest BCUT2D eigenvalue weighted by molar-refractivity contribution is 6.30. The molecule has 0 aliphatic carbocycles. The van der Waals surface area contributed by atoms with Crippen LogP contribution < -0.4 is 0 Å². The van der Waals surface area contributed by atoms with Gasteiger partial charge in [0.05, 0.1) is 11.6 Å². The first kappa shape index (κ1) is 13.3. The summed E-state index contributed by atoms with van der Waals surface area (Å²) in [4.78, 5) is 12.1. The Kier molecular flexibility index (Phi) is 4.33. The molecule has 0 radical (unpaired) electrons. The first-order chi connectivity index (χ1) is 9.20. The van der Waals surface area contributed by atoms with E-state index in [-0.39, 0.29) is 5.78 Å². The number of rotatable bonds is 4. The predicted octanol–water partition coefficient (Wildman–Crippen LogP) is 4.03. The molecule has 0 fully saturated rings. The summed E-state index contributed by atoms with van der Waals surface area (Å²) in [6.45, 7) is 0. The van der Waals surface area contributed by atoms with Gasteiger partial charge in [-0.15, -0.1) is 0 Å². The number of carbonyl (C=O) groups excluding carboxylic acids is 1. The van der Waals surface area contributed by atoms with E-state index in [2.05, 4.69) is 0 Å². The van der Waals surface area contributed by atoms with E-state index in [0.717, 1.165) is 5.56 Å². The molecule has 0 aliphatic rings. The second-order valence-electron chi connectivity index (χ2n) is 4.21.